The van der Waals surface area contributed by atoms with Crippen molar-refractivity contribution >= 4 is 18.3 Å². The van der Waals surface area contributed by atoms with Crippen molar-refractivity contribution in [2.75, 3.05) is 39.5 Å². The normalized spacial score (nSPS) is 19.4. The number of carbonyl (C=O) groups excluding carboxylic acids is 1. The van der Waals surface area contributed by atoms with E-state index in [-0.39, 0.29) is 24.4 Å². The van der Waals surface area contributed by atoms with Crippen LogP contribution >= 0.6 is 12.4 Å². The van der Waals surface area contributed by atoms with E-state index >= 15 is 0 Å². The number of morpholine rings is 1. The molecule has 1 atom stereocenters. The van der Waals surface area contributed by atoms with Crippen LogP contribution in [0.3, 0.4) is 0 Å². The first-order chi connectivity index (χ1) is 8.20. The van der Waals surface area contributed by atoms with Crippen molar-refractivity contribution in [1.29, 1.82) is 0 Å². The SMILES string of the molecule is CC(C)COCCCNC(=O)C1CNCCO1.Cl. The van der Waals surface area contributed by atoms with Gasteiger partial charge in [0.1, 0.15) is 6.10 Å². The molecule has 1 fully saturated rings. The van der Waals surface area contributed by atoms with E-state index in [1.807, 2.05) is 0 Å². The fourth-order valence-corrected chi connectivity index (χ4v) is 1.55. The lowest BCUT2D eigenvalue weighted by Gasteiger charge is -2.22. The van der Waals surface area contributed by atoms with Gasteiger partial charge >= 0.3 is 0 Å². The monoisotopic (exact) mass is 280 g/mol. The first-order valence-corrected chi connectivity index (χ1v) is 6.38. The van der Waals surface area contributed by atoms with Gasteiger partial charge in [-0.1, -0.05) is 13.8 Å². The average Bonchev–Trinajstić information content (AvgIpc) is 2.34. The van der Waals surface area contributed by atoms with E-state index in [1.165, 1.54) is 0 Å². The van der Waals surface area contributed by atoms with Crippen molar-refractivity contribution in [3.05, 3.63) is 0 Å². The van der Waals surface area contributed by atoms with Gasteiger partial charge in [0.15, 0.2) is 0 Å². The van der Waals surface area contributed by atoms with Crippen LogP contribution in [0.5, 0.6) is 0 Å². The van der Waals surface area contributed by atoms with Crippen molar-refractivity contribution in [2.45, 2.75) is 26.4 Å². The molecule has 0 aromatic rings. The van der Waals surface area contributed by atoms with Gasteiger partial charge in [0.05, 0.1) is 6.61 Å². The van der Waals surface area contributed by atoms with Gasteiger partial charge in [-0.25, -0.2) is 0 Å². The number of amides is 1. The lowest BCUT2D eigenvalue weighted by atomic mass is 10.2. The molecular weight excluding hydrogens is 256 g/mol. The van der Waals surface area contributed by atoms with E-state index in [2.05, 4.69) is 24.5 Å². The summed E-state index contributed by atoms with van der Waals surface area (Å²) < 4.78 is 10.8. The number of carbonyl (C=O) groups is 1. The molecule has 1 unspecified atom stereocenters. The third kappa shape index (κ3) is 7.87. The number of halogens is 1. The molecule has 1 heterocycles. The molecule has 0 aromatic carbocycles. The van der Waals surface area contributed by atoms with Crippen LogP contribution < -0.4 is 10.6 Å². The molecule has 0 radical (unpaired) electrons. The topological polar surface area (TPSA) is 59.6 Å². The summed E-state index contributed by atoms with van der Waals surface area (Å²) in [5.41, 5.74) is 0. The minimum absolute atomic E-state index is 0. The highest BCUT2D eigenvalue weighted by Crippen LogP contribution is 1.96. The predicted molar refractivity (Wildman–Crippen MR) is 73.1 cm³/mol. The molecule has 108 valence electrons. The Kier molecular flexibility index (Phi) is 10.3. The predicted octanol–water partition coefficient (Wildman–Crippen LogP) is 0.576. The van der Waals surface area contributed by atoms with Crippen LogP contribution in [0.2, 0.25) is 0 Å². The molecule has 1 aliphatic heterocycles. The zero-order valence-electron chi connectivity index (χ0n) is 11.2. The van der Waals surface area contributed by atoms with Gasteiger partial charge in [-0.05, 0) is 12.3 Å². The molecule has 1 saturated heterocycles. The standard InChI is InChI=1S/C12H24N2O3.ClH/c1-10(2)9-16-6-3-4-14-12(15)11-8-13-5-7-17-11;/h10-11,13H,3-9H2,1-2H3,(H,14,15);1H. The van der Waals surface area contributed by atoms with E-state index in [9.17, 15) is 4.79 Å². The number of ether oxygens (including phenoxy) is 2. The fourth-order valence-electron chi connectivity index (χ4n) is 1.55. The third-order valence-electron chi connectivity index (χ3n) is 2.44. The Labute approximate surface area is 115 Å². The Morgan fingerprint density at radius 3 is 2.94 bits per heavy atom. The molecule has 6 heteroatoms. The smallest absolute Gasteiger partial charge is 0.250 e. The highest BCUT2D eigenvalue weighted by Gasteiger charge is 2.20. The van der Waals surface area contributed by atoms with E-state index < -0.39 is 0 Å². The first-order valence-electron chi connectivity index (χ1n) is 6.38. The second-order valence-electron chi connectivity index (χ2n) is 4.68. The van der Waals surface area contributed by atoms with Crippen LogP contribution in [-0.4, -0.2) is 51.5 Å². The van der Waals surface area contributed by atoms with Gasteiger partial charge in [-0.2, -0.15) is 0 Å². The van der Waals surface area contributed by atoms with E-state index in [4.69, 9.17) is 9.47 Å². The molecule has 0 bridgehead atoms. The van der Waals surface area contributed by atoms with Gasteiger partial charge < -0.3 is 20.1 Å². The number of hydrogen-bond donors (Lipinski definition) is 2. The Morgan fingerprint density at radius 2 is 2.33 bits per heavy atom. The lowest BCUT2D eigenvalue weighted by Crippen LogP contribution is -2.48. The second kappa shape index (κ2) is 10.6. The summed E-state index contributed by atoms with van der Waals surface area (Å²) in [7, 11) is 0. The number of rotatable bonds is 7. The minimum Gasteiger partial charge on any atom is -0.381 e. The molecule has 1 amide bonds. The fraction of sp³-hybridized carbons (Fsp3) is 0.917. The Hall–Kier alpha value is -0.360. The zero-order chi connectivity index (χ0) is 12.5. The van der Waals surface area contributed by atoms with Crippen LogP contribution in [0.25, 0.3) is 0 Å². The lowest BCUT2D eigenvalue weighted by molar-refractivity contribution is -0.134. The number of nitrogens with one attached hydrogen (secondary N) is 2. The van der Waals surface area contributed by atoms with Gasteiger partial charge in [0.25, 0.3) is 0 Å². The zero-order valence-corrected chi connectivity index (χ0v) is 12.1. The summed E-state index contributed by atoms with van der Waals surface area (Å²) in [5.74, 6) is 0.535. The van der Waals surface area contributed by atoms with Crippen LogP contribution in [0.4, 0.5) is 0 Å². The molecule has 0 aromatic heterocycles. The van der Waals surface area contributed by atoms with Crippen molar-refractivity contribution < 1.29 is 14.3 Å². The quantitative estimate of drug-likeness (QED) is 0.670. The summed E-state index contributed by atoms with van der Waals surface area (Å²) in [6, 6.07) is 0. The van der Waals surface area contributed by atoms with Gasteiger partial charge in [0, 0.05) is 32.8 Å². The maximum Gasteiger partial charge on any atom is 0.250 e. The Balaban J connectivity index is 0.00000289. The van der Waals surface area contributed by atoms with Crippen LogP contribution in [0.15, 0.2) is 0 Å². The molecule has 0 aliphatic carbocycles. The van der Waals surface area contributed by atoms with Crippen molar-refractivity contribution in [3.8, 4) is 0 Å². The van der Waals surface area contributed by atoms with Crippen LogP contribution in [0.1, 0.15) is 20.3 Å². The molecule has 18 heavy (non-hydrogen) atoms. The van der Waals surface area contributed by atoms with Crippen LogP contribution in [-0.2, 0) is 14.3 Å². The minimum atomic E-state index is -0.333. The molecule has 0 spiro atoms. The maximum atomic E-state index is 11.6. The summed E-state index contributed by atoms with van der Waals surface area (Å²) in [5, 5.41) is 5.98. The maximum absolute atomic E-state index is 11.6. The van der Waals surface area contributed by atoms with E-state index in [1.54, 1.807) is 0 Å². The van der Waals surface area contributed by atoms with Gasteiger partial charge in [-0.3, -0.25) is 4.79 Å². The highest BCUT2D eigenvalue weighted by atomic mass is 35.5. The van der Waals surface area contributed by atoms with Crippen molar-refractivity contribution in [1.82, 2.24) is 10.6 Å². The van der Waals surface area contributed by atoms with Crippen molar-refractivity contribution in [2.24, 2.45) is 5.92 Å². The summed E-state index contributed by atoms with van der Waals surface area (Å²) in [6.07, 6.45) is 0.513. The first kappa shape index (κ1) is 17.6. The summed E-state index contributed by atoms with van der Waals surface area (Å²) in [4.78, 5) is 11.6. The molecule has 5 nitrogen and oxygen atoms in total. The third-order valence-corrected chi connectivity index (χ3v) is 2.44. The molecular formula is C12H25ClN2O3. The summed E-state index contributed by atoms with van der Waals surface area (Å²) >= 11 is 0. The number of hydrogen-bond acceptors (Lipinski definition) is 4. The largest absolute Gasteiger partial charge is 0.381 e. The van der Waals surface area contributed by atoms with E-state index in [0.717, 1.165) is 19.6 Å². The van der Waals surface area contributed by atoms with Crippen LogP contribution in [0, 0.1) is 5.92 Å². The molecule has 0 saturated carbocycles. The molecule has 2 N–H and O–H groups in total. The van der Waals surface area contributed by atoms with Gasteiger partial charge in [-0.15, -0.1) is 12.4 Å². The average molecular weight is 281 g/mol. The second-order valence-corrected chi connectivity index (χ2v) is 4.68. The van der Waals surface area contributed by atoms with Gasteiger partial charge in [0.2, 0.25) is 5.91 Å². The van der Waals surface area contributed by atoms with E-state index in [0.29, 0.717) is 32.2 Å². The summed E-state index contributed by atoms with van der Waals surface area (Å²) in [6.45, 7) is 8.41. The Bertz CT molecular complexity index is 221. The Morgan fingerprint density at radius 1 is 1.56 bits per heavy atom. The molecule has 1 aliphatic rings. The van der Waals surface area contributed by atoms with Crippen molar-refractivity contribution in [3.63, 3.8) is 0 Å². The molecule has 1 rings (SSSR count). The highest BCUT2D eigenvalue weighted by molar-refractivity contribution is 5.85.